The molecule has 6 heteroatoms. The number of anilines is 2. The summed E-state index contributed by atoms with van der Waals surface area (Å²) in [6.07, 6.45) is 3.94. The van der Waals surface area contributed by atoms with E-state index >= 15 is 0 Å². The van der Waals surface area contributed by atoms with Crippen molar-refractivity contribution in [3.63, 3.8) is 0 Å². The molecule has 104 valence electrons. The fourth-order valence-electron chi connectivity index (χ4n) is 2.30. The van der Waals surface area contributed by atoms with E-state index in [2.05, 4.69) is 20.2 Å². The van der Waals surface area contributed by atoms with Crippen molar-refractivity contribution < 1.29 is 9.90 Å². The number of hydrogen-bond donors (Lipinski definition) is 2. The second kappa shape index (κ2) is 5.42. The monoisotopic (exact) mass is 264 g/mol. The standard InChI is InChI=1S/C13H20N4O2/c1-13(2,8-12(18)19)16-10-7-11(15-9-14-10)17-5-3-4-6-17/h7,9H,3-6,8H2,1-2H3,(H,18,19)(H,14,15,16). The van der Waals surface area contributed by atoms with Gasteiger partial charge in [-0.2, -0.15) is 0 Å². The Labute approximate surface area is 112 Å². The van der Waals surface area contributed by atoms with Crippen LogP contribution >= 0.6 is 0 Å². The fourth-order valence-corrected chi connectivity index (χ4v) is 2.30. The van der Waals surface area contributed by atoms with Crippen molar-refractivity contribution in [2.24, 2.45) is 0 Å². The van der Waals surface area contributed by atoms with E-state index in [0.29, 0.717) is 5.82 Å². The first-order valence-electron chi connectivity index (χ1n) is 6.53. The van der Waals surface area contributed by atoms with Gasteiger partial charge in [0.2, 0.25) is 0 Å². The third kappa shape index (κ3) is 3.81. The van der Waals surface area contributed by atoms with E-state index in [1.54, 1.807) is 0 Å². The minimum atomic E-state index is -0.827. The molecule has 0 spiro atoms. The van der Waals surface area contributed by atoms with Gasteiger partial charge in [0.15, 0.2) is 0 Å². The van der Waals surface area contributed by atoms with Crippen LogP contribution in [0.2, 0.25) is 0 Å². The molecule has 1 aromatic rings. The van der Waals surface area contributed by atoms with Crippen LogP contribution in [-0.2, 0) is 4.79 Å². The molecule has 1 saturated heterocycles. The summed E-state index contributed by atoms with van der Waals surface area (Å²) in [5.74, 6) is 0.746. The van der Waals surface area contributed by atoms with E-state index in [1.807, 2.05) is 19.9 Å². The van der Waals surface area contributed by atoms with Crippen LogP contribution in [0.25, 0.3) is 0 Å². The van der Waals surface area contributed by atoms with Crippen molar-refractivity contribution in [1.82, 2.24) is 9.97 Å². The molecule has 1 aromatic heterocycles. The lowest BCUT2D eigenvalue weighted by Crippen LogP contribution is -2.34. The molecule has 0 radical (unpaired) electrons. The van der Waals surface area contributed by atoms with E-state index in [0.717, 1.165) is 18.9 Å². The number of carboxylic acid groups (broad SMARTS) is 1. The minimum absolute atomic E-state index is 0.0377. The van der Waals surface area contributed by atoms with Gasteiger partial charge in [0, 0.05) is 24.7 Å². The largest absolute Gasteiger partial charge is 0.481 e. The van der Waals surface area contributed by atoms with E-state index in [9.17, 15) is 4.79 Å². The predicted octanol–water partition coefficient (Wildman–Crippen LogP) is 1.74. The molecule has 0 amide bonds. The van der Waals surface area contributed by atoms with Crippen LogP contribution in [0, 0.1) is 0 Å². The normalized spacial score (nSPS) is 15.6. The highest BCUT2D eigenvalue weighted by molar-refractivity contribution is 5.69. The Morgan fingerprint density at radius 1 is 1.42 bits per heavy atom. The highest BCUT2D eigenvalue weighted by Gasteiger charge is 2.22. The van der Waals surface area contributed by atoms with E-state index in [4.69, 9.17) is 5.11 Å². The predicted molar refractivity (Wildman–Crippen MR) is 73.4 cm³/mol. The Morgan fingerprint density at radius 2 is 2.11 bits per heavy atom. The van der Waals surface area contributed by atoms with Crippen LogP contribution < -0.4 is 10.2 Å². The van der Waals surface area contributed by atoms with Gasteiger partial charge in [-0.25, -0.2) is 9.97 Å². The molecule has 2 N–H and O–H groups in total. The van der Waals surface area contributed by atoms with E-state index in [-0.39, 0.29) is 6.42 Å². The number of carbonyl (C=O) groups is 1. The van der Waals surface area contributed by atoms with E-state index < -0.39 is 11.5 Å². The smallest absolute Gasteiger partial charge is 0.305 e. The Balaban J connectivity index is 2.08. The molecule has 2 rings (SSSR count). The first-order chi connectivity index (χ1) is 8.96. The summed E-state index contributed by atoms with van der Waals surface area (Å²) < 4.78 is 0. The van der Waals surface area contributed by atoms with E-state index in [1.165, 1.54) is 19.2 Å². The fraction of sp³-hybridized carbons (Fsp3) is 0.615. The molecule has 1 aliphatic rings. The molecule has 6 nitrogen and oxygen atoms in total. The van der Waals surface area contributed by atoms with Crippen molar-refractivity contribution in [2.75, 3.05) is 23.3 Å². The molecule has 1 fully saturated rings. The molecule has 0 aromatic carbocycles. The Hall–Kier alpha value is -1.85. The lowest BCUT2D eigenvalue weighted by Gasteiger charge is -2.25. The summed E-state index contributed by atoms with van der Waals surface area (Å²) in [4.78, 5) is 21.5. The van der Waals surface area contributed by atoms with Crippen molar-refractivity contribution in [3.8, 4) is 0 Å². The van der Waals surface area contributed by atoms with Crippen LogP contribution in [0.15, 0.2) is 12.4 Å². The molecule has 0 bridgehead atoms. The highest BCUT2D eigenvalue weighted by atomic mass is 16.4. The van der Waals surface area contributed by atoms with Crippen molar-refractivity contribution in [1.29, 1.82) is 0 Å². The van der Waals surface area contributed by atoms with Gasteiger partial charge in [-0.1, -0.05) is 0 Å². The molecule has 1 aliphatic heterocycles. The third-order valence-electron chi connectivity index (χ3n) is 3.14. The maximum atomic E-state index is 10.8. The van der Waals surface area contributed by atoms with Crippen LogP contribution in [0.3, 0.4) is 0 Å². The molecular weight excluding hydrogens is 244 g/mol. The van der Waals surface area contributed by atoms with Crippen LogP contribution in [0.5, 0.6) is 0 Å². The Bertz CT molecular complexity index is 456. The van der Waals surface area contributed by atoms with Gasteiger partial charge in [-0.3, -0.25) is 4.79 Å². The number of carboxylic acids is 1. The third-order valence-corrected chi connectivity index (χ3v) is 3.14. The second-order valence-electron chi connectivity index (χ2n) is 5.53. The zero-order valence-electron chi connectivity index (χ0n) is 11.4. The molecule has 0 aliphatic carbocycles. The molecular formula is C13H20N4O2. The first kappa shape index (κ1) is 13.6. The SMILES string of the molecule is CC(C)(CC(=O)O)Nc1cc(N2CCCC2)ncn1. The zero-order valence-corrected chi connectivity index (χ0v) is 11.4. The van der Waals surface area contributed by atoms with Gasteiger partial charge in [-0.15, -0.1) is 0 Å². The van der Waals surface area contributed by atoms with Gasteiger partial charge in [0.1, 0.15) is 18.0 Å². The lowest BCUT2D eigenvalue weighted by atomic mass is 10.0. The first-order valence-corrected chi connectivity index (χ1v) is 6.53. The number of aliphatic carboxylic acids is 1. The average Bonchev–Trinajstić information content (AvgIpc) is 2.79. The van der Waals surface area contributed by atoms with Crippen LogP contribution in [0.4, 0.5) is 11.6 Å². The van der Waals surface area contributed by atoms with Gasteiger partial charge < -0.3 is 15.3 Å². The van der Waals surface area contributed by atoms with Gasteiger partial charge in [0.25, 0.3) is 0 Å². The Kier molecular flexibility index (Phi) is 3.87. The van der Waals surface area contributed by atoms with Crippen molar-refractivity contribution in [2.45, 2.75) is 38.6 Å². The Morgan fingerprint density at radius 3 is 2.74 bits per heavy atom. The summed E-state index contributed by atoms with van der Waals surface area (Å²) in [6, 6.07) is 1.88. The topological polar surface area (TPSA) is 78.4 Å². The van der Waals surface area contributed by atoms with Gasteiger partial charge >= 0.3 is 5.97 Å². The van der Waals surface area contributed by atoms with Crippen molar-refractivity contribution in [3.05, 3.63) is 12.4 Å². The van der Waals surface area contributed by atoms with Crippen molar-refractivity contribution >= 4 is 17.6 Å². The quantitative estimate of drug-likeness (QED) is 0.843. The highest BCUT2D eigenvalue weighted by Crippen LogP contribution is 2.22. The molecule has 0 unspecified atom stereocenters. The number of nitrogens with zero attached hydrogens (tertiary/aromatic N) is 3. The summed E-state index contributed by atoms with van der Waals surface area (Å²) in [5.41, 5.74) is -0.539. The number of aromatic nitrogens is 2. The van der Waals surface area contributed by atoms with Gasteiger partial charge in [0.05, 0.1) is 6.42 Å². The maximum absolute atomic E-state index is 10.8. The summed E-state index contributed by atoms with van der Waals surface area (Å²) in [6.45, 7) is 5.74. The molecule has 2 heterocycles. The summed E-state index contributed by atoms with van der Waals surface area (Å²) in [5, 5.41) is 12.0. The second-order valence-corrected chi connectivity index (χ2v) is 5.53. The molecule has 19 heavy (non-hydrogen) atoms. The number of hydrogen-bond acceptors (Lipinski definition) is 5. The zero-order chi connectivity index (χ0) is 13.9. The van der Waals surface area contributed by atoms with Gasteiger partial charge in [-0.05, 0) is 26.7 Å². The lowest BCUT2D eigenvalue weighted by molar-refractivity contribution is -0.137. The maximum Gasteiger partial charge on any atom is 0.305 e. The average molecular weight is 264 g/mol. The van der Waals surface area contributed by atoms with Crippen LogP contribution in [0.1, 0.15) is 33.1 Å². The molecule has 0 saturated carbocycles. The molecule has 0 atom stereocenters. The summed E-state index contributed by atoms with van der Waals surface area (Å²) in [7, 11) is 0. The number of rotatable bonds is 5. The summed E-state index contributed by atoms with van der Waals surface area (Å²) >= 11 is 0. The van der Waals surface area contributed by atoms with Crippen LogP contribution in [-0.4, -0.2) is 39.7 Å². The minimum Gasteiger partial charge on any atom is -0.481 e. The number of nitrogens with one attached hydrogen (secondary N) is 1.